The lowest BCUT2D eigenvalue weighted by molar-refractivity contribution is 0.213. The normalized spacial score (nSPS) is 10.2. The molecule has 0 atom stereocenters. The molecule has 7 nitrogen and oxygen atoms in total. The molecule has 2 amide bonds. The molecule has 1 rings (SSSR count). The van der Waals surface area contributed by atoms with Crippen molar-refractivity contribution in [2.45, 2.75) is 20.8 Å². The average Bonchev–Trinajstić information content (AvgIpc) is 2.51. The Bertz CT molecular complexity index is 603. The van der Waals surface area contributed by atoms with Gasteiger partial charge in [-0.05, 0) is 32.4 Å². The fraction of sp³-hybridized carbons (Fsp3) is 0.467. The Kier molecular flexibility index (Phi) is 6.50. The second-order valence-electron chi connectivity index (χ2n) is 4.77. The SMILES string of the molecule is CCN(CC)C(=O)N(C(=N)N)c1c(C)cc(OC)c(OC)c1Cl. The Labute approximate surface area is 141 Å². The number of hydrogen-bond acceptors (Lipinski definition) is 4. The first-order valence-corrected chi connectivity index (χ1v) is 7.55. The summed E-state index contributed by atoms with van der Waals surface area (Å²) in [4.78, 5) is 15.3. The number of benzene rings is 1. The van der Waals surface area contributed by atoms with Gasteiger partial charge in [0.25, 0.3) is 0 Å². The first kappa shape index (κ1) is 18.9. The molecular formula is C15H23ClN4O3. The molecule has 8 heteroatoms. The number of methoxy groups -OCH3 is 2. The van der Waals surface area contributed by atoms with Crippen LogP contribution >= 0.6 is 11.6 Å². The van der Waals surface area contributed by atoms with E-state index in [2.05, 4.69) is 0 Å². The molecule has 0 aromatic heterocycles. The summed E-state index contributed by atoms with van der Waals surface area (Å²) in [6.07, 6.45) is 0. The third kappa shape index (κ3) is 3.61. The Morgan fingerprint density at radius 3 is 2.26 bits per heavy atom. The van der Waals surface area contributed by atoms with Gasteiger partial charge in [-0.2, -0.15) is 0 Å². The van der Waals surface area contributed by atoms with Crippen molar-refractivity contribution in [1.82, 2.24) is 4.90 Å². The maximum atomic E-state index is 12.7. The smallest absolute Gasteiger partial charge is 0.331 e. The van der Waals surface area contributed by atoms with E-state index in [0.29, 0.717) is 30.1 Å². The highest BCUT2D eigenvalue weighted by Crippen LogP contribution is 2.44. The van der Waals surface area contributed by atoms with Crippen LogP contribution in [0.5, 0.6) is 11.5 Å². The van der Waals surface area contributed by atoms with E-state index in [1.54, 1.807) is 17.9 Å². The summed E-state index contributed by atoms with van der Waals surface area (Å²) in [5.74, 6) is 0.310. The first-order chi connectivity index (χ1) is 10.8. The molecule has 0 unspecified atom stereocenters. The summed E-state index contributed by atoms with van der Waals surface area (Å²) in [7, 11) is 2.95. The lowest BCUT2D eigenvalue weighted by atomic mass is 10.1. The van der Waals surface area contributed by atoms with Gasteiger partial charge in [0.1, 0.15) is 5.02 Å². The zero-order valence-corrected chi connectivity index (χ0v) is 14.8. The van der Waals surface area contributed by atoms with Crippen LogP contribution in [0.3, 0.4) is 0 Å². The molecule has 0 spiro atoms. The van der Waals surface area contributed by atoms with Gasteiger partial charge < -0.3 is 20.1 Å². The number of ether oxygens (including phenoxy) is 2. The number of anilines is 1. The van der Waals surface area contributed by atoms with Gasteiger partial charge in [0.15, 0.2) is 11.5 Å². The van der Waals surface area contributed by atoms with Gasteiger partial charge in [-0.15, -0.1) is 0 Å². The molecule has 0 heterocycles. The highest BCUT2D eigenvalue weighted by atomic mass is 35.5. The third-order valence-corrected chi connectivity index (χ3v) is 3.82. The molecule has 0 aliphatic heterocycles. The van der Waals surface area contributed by atoms with Crippen molar-refractivity contribution in [3.8, 4) is 11.5 Å². The Hall–Kier alpha value is -2.15. The van der Waals surface area contributed by atoms with Crippen LogP contribution < -0.4 is 20.1 Å². The number of hydrogen-bond donors (Lipinski definition) is 2. The zero-order valence-electron chi connectivity index (χ0n) is 14.1. The van der Waals surface area contributed by atoms with Crippen molar-refractivity contribution in [3.05, 3.63) is 16.7 Å². The number of aryl methyl sites for hydroxylation is 1. The molecule has 0 bridgehead atoms. The molecule has 1 aromatic carbocycles. The number of rotatable bonds is 5. The van der Waals surface area contributed by atoms with E-state index in [0.717, 1.165) is 4.90 Å². The van der Waals surface area contributed by atoms with Crippen molar-refractivity contribution in [2.75, 3.05) is 32.2 Å². The van der Waals surface area contributed by atoms with E-state index in [1.165, 1.54) is 14.2 Å². The third-order valence-electron chi connectivity index (χ3n) is 3.47. The monoisotopic (exact) mass is 342 g/mol. The summed E-state index contributed by atoms with van der Waals surface area (Å²) in [6.45, 7) is 6.44. The molecular weight excluding hydrogens is 320 g/mol. The van der Waals surface area contributed by atoms with Gasteiger partial charge >= 0.3 is 6.03 Å². The number of nitrogens with two attached hydrogens (primary N) is 1. The maximum absolute atomic E-state index is 12.7. The van der Waals surface area contributed by atoms with E-state index in [9.17, 15) is 4.79 Å². The van der Waals surface area contributed by atoms with Gasteiger partial charge in [-0.3, -0.25) is 5.41 Å². The summed E-state index contributed by atoms with van der Waals surface area (Å²) in [6, 6.07) is 1.27. The number of nitrogens with one attached hydrogen (secondary N) is 1. The number of carbonyl (C=O) groups is 1. The summed E-state index contributed by atoms with van der Waals surface area (Å²) < 4.78 is 10.5. The van der Waals surface area contributed by atoms with Gasteiger partial charge in [0.05, 0.1) is 19.9 Å². The van der Waals surface area contributed by atoms with Crippen molar-refractivity contribution < 1.29 is 14.3 Å². The van der Waals surface area contributed by atoms with E-state index < -0.39 is 12.0 Å². The Balaban J connectivity index is 3.56. The second kappa shape index (κ2) is 7.92. The molecule has 3 N–H and O–H groups in total. The molecule has 23 heavy (non-hydrogen) atoms. The standard InChI is InChI=1S/C15H23ClN4O3/c1-6-19(7-2)15(21)20(14(17)18)12-9(3)8-10(22-4)13(23-5)11(12)16/h8H,6-7H2,1-5H3,(H3,17,18). The van der Waals surface area contributed by atoms with Crippen LogP contribution in [0.4, 0.5) is 10.5 Å². The number of guanidine groups is 1. The number of nitrogens with zero attached hydrogens (tertiary/aromatic N) is 2. The second-order valence-corrected chi connectivity index (χ2v) is 5.15. The minimum absolute atomic E-state index is 0.167. The van der Waals surface area contributed by atoms with Crippen molar-refractivity contribution in [3.63, 3.8) is 0 Å². The van der Waals surface area contributed by atoms with Crippen LogP contribution in [0, 0.1) is 12.3 Å². The molecule has 0 fully saturated rings. The highest BCUT2D eigenvalue weighted by molar-refractivity contribution is 6.37. The quantitative estimate of drug-likeness (QED) is 0.635. The van der Waals surface area contributed by atoms with Gasteiger partial charge in [-0.1, -0.05) is 11.6 Å². The zero-order chi connectivity index (χ0) is 17.7. The molecule has 0 aliphatic carbocycles. The summed E-state index contributed by atoms with van der Waals surface area (Å²) in [5.41, 5.74) is 6.60. The fourth-order valence-electron chi connectivity index (χ4n) is 2.29. The summed E-state index contributed by atoms with van der Waals surface area (Å²) in [5, 5.41) is 7.97. The number of urea groups is 1. The van der Waals surface area contributed by atoms with Gasteiger partial charge in [0, 0.05) is 13.1 Å². The maximum Gasteiger partial charge on any atom is 0.331 e. The number of carbonyl (C=O) groups excluding carboxylic acids is 1. The van der Waals surface area contributed by atoms with Crippen LogP contribution in [-0.4, -0.2) is 44.2 Å². The lowest BCUT2D eigenvalue weighted by Gasteiger charge is -2.30. The molecule has 1 aromatic rings. The van der Waals surface area contributed by atoms with E-state index >= 15 is 0 Å². The predicted octanol–water partition coefficient (Wildman–Crippen LogP) is 2.83. The van der Waals surface area contributed by atoms with Crippen LogP contribution in [0.1, 0.15) is 19.4 Å². The molecule has 128 valence electrons. The van der Waals surface area contributed by atoms with Gasteiger partial charge in [-0.25, -0.2) is 9.69 Å². The topological polar surface area (TPSA) is 91.9 Å². The molecule has 0 saturated carbocycles. The average molecular weight is 343 g/mol. The van der Waals surface area contributed by atoms with Crippen molar-refractivity contribution in [1.29, 1.82) is 5.41 Å². The number of amides is 2. The van der Waals surface area contributed by atoms with Crippen molar-refractivity contribution in [2.24, 2.45) is 5.73 Å². The first-order valence-electron chi connectivity index (χ1n) is 7.17. The van der Waals surface area contributed by atoms with Gasteiger partial charge in [0.2, 0.25) is 5.96 Å². The Morgan fingerprint density at radius 2 is 1.87 bits per heavy atom. The van der Waals surface area contributed by atoms with E-state index in [1.807, 2.05) is 13.8 Å². The van der Waals surface area contributed by atoms with Crippen LogP contribution in [0.2, 0.25) is 5.02 Å². The number of halogens is 1. The molecule has 0 aliphatic rings. The molecule has 0 radical (unpaired) electrons. The van der Waals surface area contributed by atoms with E-state index in [4.69, 9.17) is 32.2 Å². The lowest BCUT2D eigenvalue weighted by Crippen LogP contribution is -2.49. The van der Waals surface area contributed by atoms with Crippen molar-refractivity contribution >= 4 is 29.3 Å². The summed E-state index contributed by atoms with van der Waals surface area (Å²) >= 11 is 6.40. The van der Waals surface area contributed by atoms with Crippen LogP contribution in [-0.2, 0) is 0 Å². The minimum Gasteiger partial charge on any atom is -0.493 e. The van der Waals surface area contributed by atoms with Crippen LogP contribution in [0.25, 0.3) is 0 Å². The molecule has 0 saturated heterocycles. The van der Waals surface area contributed by atoms with Crippen LogP contribution in [0.15, 0.2) is 6.07 Å². The predicted molar refractivity (Wildman–Crippen MR) is 92.0 cm³/mol. The fourth-order valence-corrected chi connectivity index (χ4v) is 2.69. The highest BCUT2D eigenvalue weighted by Gasteiger charge is 2.29. The minimum atomic E-state index is -0.417. The Morgan fingerprint density at radius 1 is 1.30 bits per heavy atom. The van der Waals surface area contributed by atoms with E-state index in [-0.39, 0.29) is 10.8 Å². The largest absolute Gasteiger partial charge is 0.493 e.